The van der Waals surface area contributed by atoms with Crippen LogP contribution in [0.4, 0.5) is 0 Å². The van der Waals surface area contributed by atoms with E-state index in [0.29, 0.717) is 30.5 Å². The third-order valence-corrected chi connectivity index (χ3v) is 9.49. The summed E-state index contributed by atoms with van der Waals surface area (Å²) in [5.74, 6) is 1.24. The van der Waals surface area contributed by atoms with Crippen LogP contribution in [-0.2, 0) is 14.3 Å². The van der Waals surface area contributed by atoms with Gasteiger partial charge < -0.3 is 9.84 Å². The van der Waals surface area contributed by atoms with Crippen molar-refractivity contribution in [2.24, 2.45) is 11.3 Å². The molecule has 1 saturated carbocycles. The van der Waals surface area contributed by atoms with Crippen LogP contribution in [0.15, 0.2) is 0 Å². The van der Waals surface area contributed by atoms with Crippen LogP contribution in [0.25, 0.3) is 0 Å². The Morgan fingerprint density at radius 2 is 1.56 bits per heavy atom. The summed E-state index contributed by atoms with van der Waals surface area (Å²) < 4.78 is 5.39. The molecule has 1 N–H and O–H groups in total. The Balaban J connectivity index is 2.09. The van der Waals surface area contributed by atoms with Gasteiger partial charge in [-0.25, -0.2) is 0 Å². The number of carbonyl (C=O) groups excluding carboxylic acids is 2. The number of hydrogen-bond donors (Lipinski definition) is 1. The predicted molar refractivity (Wildman–Crippen MR) is 155 cm³/mol. The third kappa shape index (κ3) is 15.0. The fraction of sp³-hybridized carbons (Fsp3) is 0.935. The van der Waals surface area contributed by atoms with Crippen LogP contribution in [0.2, 0.25) is 0 Å². The molecule has 3 unspecified atom stereocenters. The van der Waals surface area contributed by atoms with Gasteiger partial charge in [0.1, 0.15) is 5.78 Å². The van der Waals surface area contributed by atoms with Gasteiger partial charge in [0.15, 0.2) is 0 Å². The number of aliphatic hydroxyl groups is 1. The molecule has 0 bridgehead atoms. The van der Waals surface area contributed by atoms with Crippen molar-refractivity contribution in [2.45, 2.75) is 161 Å². The molecule has 0 radical (unpaired) electrons. The second kappa shape index (κ2) is 20.4. The van der Waals surface area contributed by atoms with E-state index in [1.165, 1.54) is 38.5 Å². The maximum atomic E-state index is 12.5. The van der Waals surface area contributed by atoms with Crippen LogP contribution in [0.3, 0.4) is 0 Å². The first-order chi connectivity index (χ1) is 17.3. The average molecular weight is 527 g/mol. The molecule has 1 aliphatic carbocycles. The summed E-state index contributed by atoms with van der Waals surface area (Å²) in [6.07, 6.45) is 20.2. The first kappa shape index (κ1) is 33.5. The van der Waals surface area contributed by atoms with Crippen LogP contribution < -0.4 is 0 Å². The molecule has 0 saturated heterocycles. The molecule has 3 atom stereocenters. The van der Waals surface area contributed by atoms with E-state index in [4.69, 9.17) is 4.74 Å². The first-order valence-electron chi connectivity index (χ1n) is 15.3. The Hall–Kier alpha value is -0.550. The maximum absolute atomic E-state index is 12.5. The molecule has 0 aromatic carbocycles. The molecule has 1 rings (SSSR count). The zero-order valence-electron chi connectivity index (χ0n) is 24.2. The van der Waals surface area contributed by atoms with Crippen LogP contribution in [0.1, 0.15) is 150 Å². The molecule has 0 heterocycles. The Labute approximate surface area is 227 Å². The lowest BCUT2D eigenvalue weighted by Gasteiger charge is -2.31. The van der Waals surface area contributed by atoms with Crippen molar-refractivity contribution in [2.75, 3.05) is 12.4 Å². The van der Waals surface area contributed by atoms with Crippen LogP contribution in [0.5, 0.6) is 0 Å². The number of Topliss-reactive ketones (excluding diaryl/α,β-unsaturated/α-hetero) is 1. The van der Waals surface area contributed by atoms with Gasteiger partial charge in [-0.15, -0.1) is 0 Å². The Morgan fingerprint density at radius 1 is 0.944 bits per heavy atom. The quantitative estimate of drug-likeness (QED) is 0.107. The standard InChI is InChI=1S/C31H58O4S/c1-5-7-9-10-11-12-15-18-24-35-30(34)20-17-14-13-16-19-26-27(32)21-22-28(26)36-25-29(33)31(3,4)23-8-6-2/h26,28-29,33H,5-25H2,1-4H3. The number of rotatable bonds is 23. The van der Waals surface area contributed by atoms with E-state index in [1.54, 1.807) is 0 Å². The normalized spacial score (nSPS) is 19.1. The number of thioether (sulfide) groups is 1. The second-order valence-electron chi connectivity index (χ2n) is 11.7. The number of unbranched alkanes of at least 4 members (excludes halogenated alkanes) is 11. The maximum Gasteiger partial charge on any atom is 0.305 e. The predicted octanol–water partition coefficient (Wildman–Crippen LogP) is 8.67. The molecule has 5 heteroatoms. The van der Waals surface area contributed by atoms with E-state index < -0.39 is 0 Å². The number of esters is 1. The zero-order chi connectivity index (χ0) is 26.7. The van der Waals surface area contributed by atoms with E-state index in [2.05, 4.69) is 27.7 Å². The minimum atomic E-state index is -0.319. The first-order valence-corrected chi connectivity index (χ1v) is 16.3. The summed E-state index contributed by atoms with van der Waals surface area (Å²) in [4.78, 5) is 24.4. The smallest absolute Gasteiger partial charge is 0.305 e. The molecule has 36 heavy (non-hydrogen) atoms. The number of aliphatic hydroxyl groups excluding tert-OH is 1. The van der Waals surface area contributed by atoms with Crippen molar-refractivity contribution in [3.05, 3.63) is 0 Å². The highest BCUT2D eigenvalue weighted by Gasteiger charge is 2.36. The Bertz CT molecular complexity index is 577. The minimum absolute atomic E-state index is 0.0548. The molecule has 0 amide bonds. The fourth-order valence-corrected chi connectivity index (χ4v) is 6.83. The van der Waals surface area contributed by atoms with Crippen molar-refractivity contribution in [3.8, 4) is 0 Å². The van der Waals surface area contributed by atoms with Crippen molar-refractivity contribution in [3.63, 3.8) is 0 Å². The van der Waals surface area contributed by atoms with Crippen molar-refractivity contribution < 1.29 is 19.4 Å². The van der Waals surface area contributed by atoms with Crippen molar-refractivity contribution in [1.82, 2.24) is 0 Å². The number of ether oxygens (including phenoxy) is 1. The average Bonchev–Trinajstić information content (AvgIpc) is 3.21. The molecule has 1 fully saturated rings. The summed E-state index contributed by atoms with van der Waals surface area (Å²) in [7, 11) is 0. The van der Waals surface area contributed by atoms with Gasteiger partial charge >= 0.3 is 5.97 Å². The van der Waals surface area contributed by atoms with E-state index in [-0.39, 0.29) is 23.4 Å². The van der Waals surface area contributed by atoms with Gasteiger partial charge in [-0.05, 0) is 37.5 Å². The SMILES string of the molecule is CCCCCCCCCCOC(=O)CCCCCCC1C(=O)CCC1SCC(O)C(C)(C)CCCC. The van der Waals surface area contributed by atoms with E-state index >= 15 is 0 Å². The van der Waals surface area contributed by atoms with Gasteiger partial charge in [-0.2, -0.15) is 11.8 Å². The topological polar surface area (TPSA) is 63.6 Å². The zero-order valence-corrected chi connectivity index (χ0v) is 25.0. The molecule has 1 aliphatic rings. The molecule has 0 aromatic rings. The highest BCUT2D eigenvalue weighted by atomic mass is 32.2. The highest BCUT2D eigenvalue weighted by Crippen LogP contribution is 2.38. The van der Waals surface area contributed by atoms with Gasteiger partial charge in [0.25, 0.3) is 0 Å². The fourth-order valence-electron chi connectivity index (χ4n) is 5.15. The molecule has 0 spiro atoms. The molecule has 212 valence electrons. The van der Waals surface area contributed by atoms with Crippen molar-refractivity contribution in [1.29, 1.82) is 0 Å². The second-order valence-corrected chi connectivity index (χ2v) is 13.0. The van der Waals surface area contributed by atoms with Crippen molar-refractivity contribution >= 4 is 23.5 Å². The molecule has 0 aromatic heterocycles. The summed E-state index contributed by atoms with van der Waals surface area (Å²) in [6.45, 7) is 9.33. The monoisotopic (exact) mass is 526 g/mol. The van der Waals surface area contributed by atoms with Gasteiger partial charge in [0, 0.05) is 29.8 Å². The molecule has 0 aliphatic heterocycles. The van der Waals surface area contributed by atoms with Gasteiger partial charge in [0.05, 0.1) is 12.7 Å². The number of ketones is 1. The summed E-state index contributed by atoms with van der Waals surface area (Å²) in [5, 5.41) is 11.1. The third-order valence-electron chi connectivity index (χ3n) is 7.99. The largest absolute Gasteiger partial charge is 0.466 e. The summed E-state index contributed by atoms with van der Waals surface area (Å²) in [5.41, 5.74) is -0.0594. The number of carbonyl (C=O) groups is 2. The van der Waals surface area contributed by atoms with Gasteiger partial charge in [0.2, 0.25) is 0 Å². The van der Waals surface area contributed by atoms with Crippen LogP contribution in [0, 0.1) is 11.3 Å². The van der Waals surface area contributed by atoms with Crippen LogP contribution >= 0.6 is 11.8 Å². The Morgan fingerprint density at radius 3 is 2.25 bits per heavy atom. The number of hydrogen-bond acceptors (Lipinski definition) is 5. The lowest BCUT2D eigenvalue weighted by molar-refractivity contribution is -0.143. The van der Waals surface area contributed by atoms with Gasteiger partial charge in [-0.3, -0.25) is 9.59 Å². The van der Waals surface area contributed by atoms with Crippen LogP contribution in [-0.4, -0.2) is 40.6 Å². The summed E-state index contributed by atoms with van der Waals surface area (Å²) in [6, 6.07) is 0. The molecular weight excluding hydrogens is 468 g/mol. The van der Waals surface area contributed by atoms with E-state index in [0.717, 1.165) is 76.4 Å². The van der Waals surface area contributed by atoms with E-state index in [9.17, 15) is 14.7 Å². The Kier molecular flexibility index (Phi) is 19.0. The molecule has 4 nitrogen and oxygen atoms in total. The van der Waals surface area contributed by atoms with Gasteiger partial charge in [-0.1, -0.05) is 105 Å². The lowest BCUT2D eigenvalue weighted by Crippen LogP contribution is -2.32. The van der Waals surface area contributed by atoms with E-state index in [1.807, 2.05) is 11.8 Å². The highest BCUT2D eigenvalue weighted by molar-refractivity contribution is 8.00. The lowest BCUT2D eigenvalue weighted by atomic mass is 9.82. The summed E-state index contributed by atoms with van der Waals surface area (Å²) >= 11 is 1.82. The minimum Gasteiger partial charge on any atom is -0.466 e. The molecular formula is C31H58O4S.